The molecule has 0 bridgehead atoms. The fraction of sp³-hybridized carbons (Fsp3) is 0.174. The lowest BCUT2D eigenvalue weighted by atomic mass is 10.1. The molecule has 2 aromatic carbocycles. The first-order valence-electron chi connectivity index (χ1n) is 9.31. The Morgan fingerprint density at radius 3 is 2.38 bits per heavy atom. The number of aromatic nitrogens is 3. The first kappa shape index (κ1) is 18.7. The van der Waals surface area contributed by atoms with Crippen LogP contribution in [-0.4, -0.2) is 29.2 Å². The Kier molecular flexibility index (Phi) is 5.24. The Balaban J connectivity index is 1.83. The van der Waals surface area contributed by atoms with Crippen molar-refractivity contribution in [2.24, 2.45) is 0 Å². The van der Waals surface area contributed by atoms with E-state index in [1.165, 1.54) is 5.56 Å². The minimum absolute atomic E-state index is 0.599. The van der Waals surface area contributed by atoms with Crippen LogP contribution in [0.4, 0.5) is 5.82 Å². The van der Waals surface area contributed by atoms with Gasteiger partial charge in [0.15, 0.2) is 17.3 Å². The van der Waals surface area contributed by atoms with Crippen molar-refractivity contribution in [3.63, 3.8) is 0 Å². The Morgan fingerprint density at radius 2 is 1.69 bits per heavy atom. The first-order valence-corrected chi connectivity index (χ1v) is 9.31. The maximum Gasteiger partial charge on any atom is 0.162 e. The predicted octanol–water partition coefficient (Wildman–Crippen LogP) is 4.63. The highest BCUT2D eigenvalue weighted by molar-refractivity contribution is 5.93. The number of nitrogens with zero attached hydrogens (tertiary/aromatic N) is 3. The molecule has 2 heterocycles. The highest BCUT2D eigenvalue weighted by Gasteiger charge is 2.14. The zero-order valence-corrected chi connectivity index (χ0v) is 16.6. The van der Waals surface area contributed by atoms with Crippen molar-refractivity contribution in [1.82, 2.24) is 15.0 Å². The lowest BCUT2D eigenvalue weighted by Crippen LogP contribution is -2.05. The second kappa shape index (κ2) is 8.14. The molecule has 1 N–H and O–H groups in total. The SMILES string of the molecule is COc1cc2nc(-c3ccc(C)cc3)nc(NCc3cccnc3)c2cc1OC. The van der Waals surface area contributed by atoms with Crippen LogP contribution in [0.25, 0.3) is 22.3 Å². The summed E-state index contributed by atoms with van der Waals surface area (Å²) in [6.07, 6.45) is 3.59. The lowest BCUT2D eigenvalue weighted by molar-refractivity contribution is 0.356. The summed E-state index contributed by atoms with van der Waals surface area (Å²) in [7, 11) is 3.24. The Labute approximate surface area is 169 Å². The van der Waals surface area contributed by atoms with E-state index in [1.807, 2.05) is 42.6 Å². The molecule has 0 aliphatic carbocycles. The van der Waals surface area contributed by atoms with Gasteiger partial charge in [0, 0.05) is 36.0 Å². The second-order valence-electron chi connectivity index (χ2n) is 6.70. The predicted molar refractivity (Wildman–Crippen MR) is 114 cm³/mol. The van der Waals surface area contributed by atoms with E-state index in [1.54, 1.807) is 20.4 Å². The number of hydrogen-bond donors (Lipinski definition) is 1. The molecule has 2 aromatic heterocycles. The number of pyridine rings is 1. The number of benzene rings is 2. The number of hydrogen-bond acceptors (Lipinski definition) is 6. The second-order valence-corrected chi connectivity index (χ2v) is 6.70. The molecular weight excluding hydrogens is 364 g/mol. The molecular formula is C23H22N4O2. The fourth-order valence-corrected chi connectivity index (χ4v) is 3.11. The number of ether oxygens (including phenoxy) is 2. The molecule has 6 nitrogen and oxygen atoms in total. The van der Waals surface area contributed by atoms with E-state index in [2.05, 4.69) is 29.4 Å². The molecule has 0 atom stereocenters. The van der Waals surface area contributed by atoms with Crippen LogP contribution < -0.4 is 14.8 Å². The minimum atomic E-state index is 0.599. The summed E-state index contributed by atoms with van der Waals surface area (Å²) in [5, 5.41) is 4.29. The van der Waals surface area contributed by atoms with Crippen LogP contribution in [0.2, 0.25) is 0 Å². The van der Waals surface area contributed by atoms with Crippen molar-refractivity contribution in [1.29, 1.82) is 0 Å². The molecule has 0 aliphatic rings. The van der Waals surface area contributed by atoms with Gasteiger partial charge in [-0.1, -0.05) is 35.9 Å². The highest BCUT2D eigenvalue weighted by Crippen LogP contribution is 2.35. The van der Waals surface area contributed by atoms with E-state index >= 15 is 0 Å². The van der Waals surface area contributed by atoms with Gasteiger partial charge in [-0.3, -0.25) is 4.98 Å². The van der Waals surface area contributed by atoms with Gasteiger partial charge < -0.3 is 14.8 Å². The van der Waals surface area contributed by atoms with Crippen molar-refractivity contribution >= 4 is 16.7 Å². The van der Waals surface area contributed by atoms with Gasteiger partial charge in [-0.25, -0.2) is 9.97 Å². The monoisotopic (exact) mass is 386 g/mol. The molecule has 0 saturated heterocycles. The number of fused-ring (bicyclic) bond motifs is 1. The van der Waals surface area contributed by atoms with Gasteiger partial charge in [0.05, 0.1) is 19.7 Å². The van der Waals surface area contributed by atoms with E-state index in [9.17, 15) is 0 Å². The third-order valence-corrected chi connectivity index (χ3v) is 4.69. The molecule has 29 heavy (non-hydrogen) atoms. The molecule has 0 amide bonds. The van der Waals surface area contributed by atoms with Gasteiger partial charge in [0.25, 0.3) is 0 Å². The van der Waals surface area contributed by atoms with E-state index in [0.29, 0.717) is 23.9 Å². The Morgan fingerprint density at radius 1 is 0.931 bits per heavy atom. The van der Waals surface area contributed by atoms with Crippen LogP contribution in [0.1, 0.15) is 11.1 Å². The fourth-order valence-electron chi connectivity index (χ4n) is 3.11. The van der Waals surface area contributed by atoms with Gasteiger partial charge in [-0.2, -0.15) is 0 Å². The van der Waals surface area contributed by atoms with Gasteiger partial charge >= 0.3 is 0 Å². The third-order valence-electron chi connectivity index (χ3n) is 4.69. The summed E-state index contributed by atoms with van der Waals surface area (Å²) in [6, 6.07) is 15.9. The first-order chi connectivity index (χ1) is 14.2. The average molecular weight is 386 g/mol. The Hall–Kier alpha value is -3.67. The number of methoxy groups -OCH3 is 2. The van der Waals surface area contributed by atoms with E-state index < -0.39 is 0 Å². The van der Waals surface area contributed by atoms with Crippen molar-refractivity contribution in [2.75, 3.05) is 19.5 Å². The van der Waals surface area contributed by atoms with Crippen molar-refractivity contribution in [3.8, 4) is 22.9 Å². The quantitative estimate of drug-likeness (QED) is 0.521. The maximum absolute atomic E-state index is 5.47. The zero-order chi connectivity index (χ0) is 20.2. The molecule has 0 unspecified atom stereocenters. The van der Waals surface area contributed by atoms with Crippen LogP contribution in [0.5, 0.6) is 11.5 Å². The van der Waals surface area contributed by atoms with Crippen molar-refractivity contribution < 1.29 is 9.47 Å². The summed E-state index contributed by atoms with van der Waals surface area (Å²) in [5.74, 6) is 2.65. The Bertz CT molecular complexity index is 1130. The van der Waals surface area contributed by atoms with E-state index in [4.69, 9.17) is 19.4 Å². The zero-order valence-electron chi connectivity index (χ0n) is 16.6. The molecule has 0 saturated carbocycles. The molecule has 146 valence electrons. The number of aryl methyl sites for hydroxylation is 1. The average Bonchev–Trinajstić information content (AvgIpc) is 2.77. The van der Waals surface area contributed by atoms with Crippen molar-refractivity contribution in [3.05, 3.63) is 72.1 Å². The normalized spacial score (nSPS) is 10.7. The van der Waals surface area contributed by atoms with Gasteiger partial charge in [-0.15, -0.1) is 0 Å². The van der Waals surface area contributed by atoms with E-state index in [-0.39, 0.29) is 0 Å². The van der Waals surface area contributed by atoms with Crippen LogP contribution >= 0.6 is 0 Å². The summed E-state index contributed by atoms with van der Waals surface area (Å²) in [6.45, 7) is 2.66. The van der Waals surface area contributed by atoms with Gasteiger partial charge in [0.1, 0.15) is 5.82 Å². The standard InChI is InChI=1S/C23H22N4O2/c1-15-6-8-17(9-7-15)22-26-19-12-21(29-3)20(28-2)11-18(19)23(27-22)25-14-16-5-4-10-24-13-16/h4-13H,14H2,1-3H3,(H,25,26,27). The molecule has 0 fully saturated rings. The topological polar surface area (TPSA) is 69.2 Å². The van der Waals surface area contributed by atoms with Crippen LogP contribution in [0.15, 0.2) is 60.9 Å². The molecule has 6 heteroatoms. The summed E-state index contributed by atoms with van der Waals surface area (Å²) >= 11 is 0. The van der Waals surface area contributed by atoms with Gasteiger partial charge in [-0.05, 0) is 24.6 Å². The smallest absolute Gasteiger partial charge is 0.162 e. The van der Waals surface area contributed by atoms with Crippen LogP contribution in [-0.2, 0) is 6.54 Å². The third kappa shape index (κ3) is 3.96. The minimum Gasteiger partial charge on any atom is -0.493 e. The molecule has 0 radical (unpaired) electrons. The summed E-state index contributed by atoms with van der Waals surface area (Å²) < 4.78 is 10.9. The van der Waals surface area contributed by atoms with Crippen LogP contribution in [0.3, 0.4) is 0 Å². The van der Waals surface area contributed by atoms with Crippen LogP contribution in [0, 0.1) is 6.92 Å². The van der Waals surface area contributed by atoms with E-state index in [0.717, 1.165) is 27.8 Å². The largest absolute Gasteiger partial charge is 0.493 e. The number of rotatable bonds is 6. The maximum atomic E-state index is 5.47. The molecule has 0 spiro atoms. The number of nitrogens with one attached hydrogen (secondary N) is 1. The van der Waals surface area contributed by atoms with Gasteiger partial charge in [0.2, 0.25) is 0 Å². The lowest BCUT2D eigenvalue weighted by Gasteiger charge is -2.14. The summed E-state index contributed by atoms with van der Waals surface area (Å²) in [5.41, 5.74) is 3.99. The molecule has 4 rings (SSSR count). The molecule has 4 aromatic rings. The highest BCUT2D eigenvalue weighted by atomic mass is 16.5. The molecule has 0 aliphatic heterocycles. The number of anilines is 1. The van der Waals surface area contributed by atoms with Crippen molar-refractivity contribution in [2.45, 2.75) is 13.5 Å². The summed E-state index contributed by atoms with van der Waals surface area (Å²) in [4.78, 5) is 13.8.